The standard InChI is InChI=1S/C17H23N5O3/c1-11-15(12(2)21-20-11)8-17(24)22-5-6-25-14(9-22)4-3-13-7-16(23)19-10-18-13/h7,10,14H,3-6,8-9H2,1-2H3,(H,20,21)(H,18,19,23)/t14-/m0/s1. The summed E-state index contributed by atoms with van der Waals surface area (Å²) in [7, 11) is 0. The number of carbonyl (C=O) groups excluding carboxylic acids is 1. The molecule has 0 aliphatic carbocycles. The SMILES string of the molecule is Cc1n[nH]c(C)c1CC(=O)N1CCO[C@@H](CCc2cc(=O)[nH]cn2)C1. The molecule has 2 aromatic heterocycles. The first-order valence-electron chi connectivity index (χ1n) is 8.46. The van der Waals surface area contributed by atoms with Crippen LogP contribution in [0.3, 0.4) is 0 Å². The summed E-state index contributed by atoms with van der Waals surface area (Å²) in [5, 5.41) is 7.06. The second-order valence-corrected chi connectivity index (χ2v) is 6.36. The van der Waals surface area contributed by atoms with Crippen LogP contribution in [-0.2, 0) is 22.4 Å². The fourth-order valence-corrected chi connectivity index (χ4v) is 3.07. The van der Waals surface area contributed by atoms with Gasteiger partial charge in [-0.25, -0.2) is 4.98 Å². The zero-order chi connectivity index (χ0) is 17.8. The van der Waals surface area contributed by atoms with Crippen molar-refractivity contribution in [1.29, 1.82) is 0 Å². The molecule has 8 nitrogen and oxygen atoms in total. The van der Waals surface area contributed by atoms with Crippen LogP contribution in [0.5, 0.6) is 0 Å². The average molecular weight is 345 g/mol. The van der Waals surface area contributed by atoms with E-state index in [4.69, 9.17) is 4.74 Å². The maximum Gasteiger partial charge on any atom is 0.250 e. The van der Waals surface area contributed by atoms with Gasteiger partial charge < -0.3 is 14.6 Å². The number of H-pyrrole nitrogens is 2. The summed E-state index contributed by atoms with van der Waals surface area (Å²) in [6.45, 7) is 5.54. The highest BCUT2D eigenvalue weighted by Gasteiger charge is 2.25. The number of aromatic amines is 2. The van der Waals surface area contributed by atoms with E-state index in [0.29, 0.717) is 32.5 Å². The van der Waals surface area contributed by atoms with E-state index in [1.807, 2.05) is 18.7 Å². The third kappa shape index (κ3) is 4.33. The van der Waals surface area contributed by atoms with Crippen LogP contribution in [-0.4, -0.2) is 56.8 Å². The Balaban J connectivity index is 1.55. The molecule has 1 amide bonds. The number of carbonyl (C=O) groups is 1. The summed E-state index contributed by atoms with van der Waals surface area (Å²) < 4.78 is 5.77. The zero-order valence-electron chi connectivity index (χ0n) is 14.5. The smallest absolute Gasteiger partial charge is 0.250 e. The normalized spacial score (nSPS) is 17.7. The largest absolute Gasteiger partial charge is 0.375 e. The van der Waals surface area contributed by atoms with Crippen LogP contribution < -0.4 is 5.56 Å². The monoisotopic (exact) mass is 345 g/mol. The summed E-state index contributed by atoms with van der Waals surface area (Å²) in [5.41, 5.74) is 3.37. The molecule has 0 unspecified atom stereocenters. The number of morpholine rings is 1. The van der Waals surface area contributed by atoms with Crippen molar-refractivity contribution in [1.82, 2.24) is 25.1 Å². The van der Waals surface area contributed by atoms with Crippen molar-refractivity contribution < 1.29 is 9.53 Å². The summed E-state index contributed by atoms with van der Waals surface area (Å²) in [6, 6.07) is 1.50. The molecule has 0 bridgehead atoms. The van der Waals surface area contributed by atoms with Gasteiger partial charge in [0.2, 0.25) is 5.91 Å². The highest BCUT2D eigenvalue weighted by Crippen LogP contribution is 2.15. The number of rotatable bonds is 5. The fraction of sp³-hybridized carbons (Fsp3) is 0.529. The molecule has 0 spiro atoms. The third-order valence-corrected chi connectivity index (χ3v) is 4.56. The van der Waals surface area contributed by atoms with Crippen molar-refractivity contribution in [3.8, 4) is 0 Å². The van der Waals surface area contributed by atoms with Gasteiger partial charge >= 0.3 is 0 Å². The van der Waals surface area contributed by atoms with E-state index in [1.54, 1.807) is 0 Å². The van der Waals surface area contributed by atoms with Crippen LogP contribution >= 0.6 is 0 Å². The van der Waals surface area contributed by atoms with Gasteiger partial charge in [-0.2, -0.15) is 5.10 Å². The molecule has 2 N–H and O–H groups in total. The molecule has 2 aromatic rings. The summed E-state index contributed by atoms with van der Waals surface area (Å²) in [5.74, 6) is 0.0928. The van der Waals surface area contributed by atoms with Crippen LogP contribution in [0.1, 0.15) is 29.1 Å². The van der Waals surface area contributed by atoms with Gasteiger partial charge in [0.15, 0.2) is 0 Å². The Morgan fingerprint density at radius 2 is 2.28 bits per heavy atom. The lowest BCUT2D eigenvalue weighted by Gasteiger charge is -2.33. The average Bonchev–Trinajstić information content (AvgIpc) is 2.92. The van der Waals surface area contributed by atoms with E-state index in [-0.39, 0.29) is 17.6 Å². The van der Waals surface area contributed by atoms with Gasteiger partial charge in [0.1, 0.15) is 0 Å². The van der Waals surface area contributed by atoms with Crippen molar-refractivity contribution >= 4 is 5.91 Å². The topological polar surface area (TPSA) is 104 Å². The molecular weight excluding hydrogens is 322 g/mol. The maximum absolute atomic E-state index is 12.6. The lowest BCUT2D eigenvalue weighted by Crippen LogP contribution is -2.46. The first-order chi connectivity index (χ1) is 12.0. The predicted octanol–water partition coefficient (Wildman–Crippen LogP) is 0.513. The Bertz CT molecular complexity index is 778. The quantitative estimate of drug-likeness (QED) is 0.822. The number of amides is 1. The Labute approximate surface area is 145 Å². The second-order valence-electron chi connectivity index (χ2n) is 6.36. The van der Waals surface area contributed by atoms with Crippen molar-refractivity contribution in [2.75, 3.05) is 19.7 Å². The summed E-state index contributed by atoms with van der Waals surface area (Å²) >= 11 is 0. The molecule has 3 rings (SSSR count). The molecule has 1 atom stereocenters. The van der Waals surface area contributed by atoms with Gasteiger partial charge in [-0.1, -0.05) is 0 Å². The van der Waals surface area contributed by atoms with E-state index in [2.05, 4.69) is 20.2 Å². The van der Waals surface area contributed by atoms with Gasteiger partial charge in [-0.15, -0.1) is 0 Å². The number of nitrogens with one attached hydrogen (secondary N) is 2. The predicted molar refractivity (Wildman–Crippen MR) is 91.3 cm³/mol. The van der Waals surface area contributed by atoms with E-state index in [9.17, 15) is 9.59 Å². The van der Waals surface area contributed by atoms with Crippen molar-refractivity contribution in [3.63, 3.8) is 0 Å². The molecule has 25 heavy (non-hydrogen) atoms. The molecule has 1 fully saturated rings. The van der Waals surface area contributed by atoms with Crippen molar-refractivity contribution in [3.05, 3.63) is 45.4 Å². The summed E-state index contributed by atoms with van der Waals surface area (Å²) in [6.07, 6.45) is 3.10. The van der Waals surface area contributed by atoms with Gasteiger partial charge in [-0.05, 0) is 26.7 Å². The van der Waals surface area contributed by atoms with Crippen LogP contribution in [0.15, 0.2) is 17.2 Å². The Morgan fingerprint density at radius 3 is 3.00 bits per heavy atom. The van der Waals surface area contributed by atoms with E-state index >= 15 is 0 Å². The summed E-state index contributed by atoms with van der Waals surface area (Å²) in [4.78, 5) is 32.4. The van der Waals surface area contributed by atoms with Gasteiger partial charge in [0, 0.05) is 36.1 Å². The number of nitrogens with zero attached hydrogens (tertiary/aromatic N) is 3. The van der Waals surface area contributed by atoms with Gasteiger partial charge in [0.25, 0.3) is 5.56 Å². The highest BCUT2D eigenvalue weighted by molar-refractivity contribution is 5.79. The van der Waals surface area contributed by atoms with Crippen LogP contribution in [0.4, 0.5) is 0 Å². The van der Waals surface area contributed by atoms with E-state index in [1.165, 1.54) is 12.4 Å². The molecule has 0 radical (unpaired) electrons. The molecule has 0 saturated carbocycles. The zero-order valence-corrected chi connectivity index (χ0v) is 14.5. The molecule has 0 aromatic carbocycles. The molecule has 1 aliphatic rings. The van der Waals surface area contributed by atoms with Crippen LogP contribution in [0.25, 0.3) is 0 Å². The molecule has 1 saturated heterocycles. The Morgan fingerprint density at radius 1 is 1.44 bits per heavy atom. The van der Waals surface area contributed by atoms with Crippen LogP contribution in [0, 0.1) is 13.8 Å². The molecular formula is C17H23N5O3. The van der Waals surface area contributed by atoms with Crippen molar-refractivity contribution in [2.24, 2.45) is 0 Å². The van der Waals surface area contributed by atoms with Crippen LogP contribution in [0.2, 0.25) is 0 Å². The molecule has 8 heteroatoms. The molecule has 1 aliphatic heterocycles. The maximum atomic E-state index is 12.6. The van der Waals surface area contributed by atoms with Gasteiger partial charge in [0.05, 0.1) is 31.2 Å². The minimum absolute atomic E-state index is 0.0367. The minimum atomic E-state index is -0.155. The van der Waals surface area contributed by atoms with Crippen molar-refractivity contribution in [2.45, 2.75) is 39.2 Å². The first kappa shape index (κ1) is 17.3. The Kier molecular flexibility index (Phi) is 5.28. The van der Waals surface area contributed by atoms with E-state index in [0.717, 1.165) is 29.1 Å². The Hall–Kier alpha value is -2.48. The number of ether oxygens (including phenoxy) is 1. The minimum Gasteiger partial charge on any atom is -0.375 e. The molecule has 134 valence electrons. The highest BCUT2D eigenvalue weighted by atomic mass is 16.5. The fourth-order valence-electron chi connectivity index (χ4n) is 3.07. The third-order valence-electron chi connectivity index (χ3n) is 4.56. The second kappa shape index (κ2) is 7.60. The lowest BCUT2D eigenvalue weighted by molar-refractivity contribution is -0.138. The number of hydrogen-bond donors (Lipinski definition) is 2. The number of aryl methyl sites for hydroxylation is 3. The van der Waals surface area contributed by atoms with E-state index < -0.39 is 0 Å². The van der Waals surface area contributed by atoms with Gasteiger partial charge in [-0.3, -0.25) is 14.7 Å². The lowest BCUT2D eigenvalue weighted by atomic mass is 10.1. The first-order valence-corrected chi connectivity index (χ1v) is 8.46. The number of aromatic nitrogens is 4. The molecule has 3 heterocycles. The number of hydrogen-bond acceptors (Lipinski definition) is 5.